The summed E-state index contributed by atoms with van der Waals surface area (Å²) in [4.78, 5) is 23.7. The van der Waals surface area contributed by atoms with Crippen molar-refractivity contribution in [2.24, 2.45) is 0 Å². The molecule has 1 N–H and O–H groups in total. The number of amides is 1. The second-order valence-electron chi connectivity index (χ2n) is 7.16. The molecule has 0 aliphatic carbocycles. The molecule has 154 valence electrons. The average molecular weight is 418 g/mol. The number of anilines is 1. The van der Waals surface area contributed by atoms with Crippen LogP contribution in [0.1, 0.15) is 31.1 Å². The maximum atomic E-state index is 12.7. The van der Waals surface area contributed by atoms with Crippen LogP contribution < -0.4 is 14.8 Å². The number of carbonyl (C=O) groups excluding carboxylic acids is 2. The molecule has 0 bridgehead atoms. The third kappa shape index (κ3) is 4.57. The van der Waals surface area contributed by atoms with Gasteiger partial charge in [0, 0.05) is 38.2 Å². The molecular weight excluding hydrogens is 396 g/mol. The SMILES string of the molecule is CC(=O)c1ccc(S(=O)(=O)N(C)CC(=O)Nc2ccc3c(c2)OC(C)(C)O3)cc1. The van der Waals surface area contributed by atoms with Crippen LogP contribution in [0.3, 0.4) is 0 Å². The van der Waals surface area contributed by atoms with Gasteiger partial charge in [-0.25, -0.2) is 8.42 Å². The number of sulfonamides is 1. The van der Waals surface area contributed by atoms with E-state index in [4.69, 9.17) is 9.47 Å². The van der Waals surface area contributed by atoms with Crippen LogP contribution in [0.4, 0.5) is 5.69 Å². The van der Waals surface area contributed by atoms with Crippen LogP contribution >= 0.6 is 0 Å². The molecule has 3 rings (SSSR count). The van der Waals surface area contributed by atoms with Crippen molar-refractivity contribution in [2.45, 2.75) is 31.5 Å². The molecule has 0 spiro atoms. The number of Topliss-reactive ketones (excluding diaryl/α,β-unsaturated/α-hetero) is 1. The minimum Gasteiger partial charge on any atom is -0.449 e. The summed E-state index contributed by atoms with van der Waals surface area (Å²) in [5.74, 6) is -0.374. The number of benzene rings is 2. The fourth-order valence-electron chi connectivity index (χ4n) is 2.83. The lowest BCUT2D eigenvalue weighted by Gasteiger charge is -2.17. The lowest BCUT2D eigenvalue weighted by Crippen LogP contribution is -2.35. The number of fused-ring (bicyclic) bond motifs is 1. The summed E-state index contributed by atoms with van der Waals surface area (Å²) in [6.45, 7) is 4.57. The van der Waals surface area contributed by atoms with E-state index >= 15 is 0 Å². The first-order valence-electron chi connectivity index (χ1n) is 8.87. The zero-order valence-corrected chi connectivity index (χ0v) is 17.4. The molecule has 1 heterocycles. The Labute approximate surface area is 169 Å². The summed E-state index contributed by atoms with van der Waals surface area (Å²) in [5, 5.41) is 2.65. The second-order valence-corrected chi connectivity index (χ2v) is 9.20. The van der Waals surface area contributed by atoms with E-state index in [9.17, 15) is 18.0 Å². The zero-order chi connectivity index (χ0) is 21.4. The average Bonchev–Trinajstić information content (AvgIpc) is 2.94. The molecule has 1 amide bonds. The Morgan fingerprint density at radius 2 is 1.66 bits per heavy atom. The first-order chi connectivity index (χ1) is 13.5. The van der Waals surface area contributed by atoms with Crippen molar-refractivity contribution in [1.82, 2.24) is 4.31 Å². The maximum Gasteiger partial charge on any atom is 0.246 e. The van der Waals surface area contributed by atoms with Gasteiger partial charge in [0.15, 0.2) is 17.3 Å². The fraction of sp³-hybridized carbons (Fsp3) is 0.300. The largest absolute Gasteiger partial charge is 0.449 e. The number of ether oxygens (including phenoxy) is 2. The molecule has 0 unspecified atom stereocenters. The number of likely N-dealkylation sites (N-methyl/N-ethyl adjacent to an activating group) is 1. The van der Waals surface area contributed by atoms with Crippen molar-refractivity contribution < 1.29 is 27.5 Å². The summed E-state index contributed by atoms with van der Waals surface area (Å²) in [6.07, 6.45) is 0. The lowest BCUT2D eigenvalue weighted by molar-refractivity contribution is -0.116. The Balaban J connectivity index is 1.67. The highest BCUT2D eigenvalue weighted by Gasteiger charge is 2.32. The molecule has 29 heavy (non-hydrogen) atoms. The Hall–Kier alpha value is -2.91. The van der Waals surface area contributed by atoms with Gasteiger partial charge in [-0.3, -0.25) is 9.59 Å². The van der Waals surface area contributed by atoms with Crippen molar-refractivity contribution in [1.29, 1.82) is 0 Å². The number of nitrogens with one attached hydrogen (secondary N) is 1. The number of nitrogens with zero attached hydrogens (tertiary/aromatic N) is 1. The van der Waals surface area contributed by atoms with Crippen LogP contribution in [0.5, 0.6) is 11.5 Å². The molecule has 0 atom stereocenters. The first kappa shape index (κ1) is 20.8. The normalized spacial score (nSPS) is 14.7. The van der Waals surface area contributed by atoms with Gasteiger partial charge in [-0.05, 0) is 31.2 Å². The molecule has 0 radical (unpaired) electrons. The van der Waals surface area contributed by atoms with E-state index in [0.717, 1.165) is 4.31 Å². The van der Waals surface area contributed by atoms with E-state index in [2.05, 4.69) is 5.32 Å². The van der Waals surface area contributed by atoms with Crippen LogP contribution in [0.2, 0.25) is 0 Å². The highest BCUT2D eigenvalue weighted by atomic mass is 32.2. The quantitative estimate of drug-likeness (QED) is 0.724. The second kappa shape index (κ2) is 7.49. The standard InChI is InChI=1S/C20H22N2O6S/c1-13(23)14-5-8-16(9-6-14)29(25,26)22(4)12-19(24)21-15-7-10-17-18(11-15)28-20(2,3)27-17/h5-11H,12H2,1-4H3,(H,21,24). The van der Waals surface area contributed by atoms with E-state index in [1.54, 1.807) is 32.0 Å². The number of hydrogen-bond donors (Lipinski definition) is 1. The highest BCUT2D eigenvalue weighted by Crippen LogP contribution is 2.40. The van der Waals surface area contributed by atoms with E-state index in [0.29, 0.717) is 22.7 Å². The number of ketones is 1. The molecule has 1 aliphatic heterocycles. The first-order valence-corrected chi connectivity index (χ1v) is 10.3. The van der Waals surface area contributed by atoms with E-state index in [-0.39, 0.29) is 17.2 Å². The predicted molar refractivity (Wildman–Crippen MR) is 107 cm³/mol. The monoisotopic (exact) mass is 418 g/mol. The molecular formula is C20H22N2O6S. The molecule has 9 heteroatoms. The van der Waals surface area contributed by atoms with Crippen molar-refractivity contribution in [2.75, 3.05) is 18.9 Å². The van der Waals surface area contributed by atoms with Crippen molar-refractivity contribution >= 4 is 27.4 Å². The maximum absolute atomic E-state index is 12.7. The van der Waals surface area contributed by atoms with E-state index < -0.39 is 21.7 Å². The van der Waals surface area contributed by atoms with Gasteiger partial charge in [0.25, 0.3) is 0 Å². The molecule has 0 fully saturated rings. The van der Waals surface area contributed by atoms with Gasteiger partial charge in [-0.1, -0.05) is 12.1 Å². The van der Waals surface area contributed by atoms with Gasteiger partial charge in [0.1, 0.15) is 0 Å². The summed E-state index contributed by atoms with van der Waals surface area (Å²) >= 11 is 0. The van der Waals surface area contributed by atoms with Gasteiger partial charge in [-0.2, -0.15) is 4.31 Å². The molecule has 0 saturated heterocycles. The van der Waals surface area contributed by atoms with Gasteiger partial charge < -0.3 is 14.8 Å². The predicted octanol–water partition coefficient (Wildman–Crippen LogP) is 2.66. The summed E-state index contributed by atoms with van der Waals surface area (Å²) in [7, 11) is -2.56. The van der Waals surface area contributed by atoms with Crippen molar-refractivity contribution in [3.63, 3.8) is 0 Å². The Morgan fingerprint density at radius 1 is 1.03 bits per heavy atom. The molecule has 2 aromatic carbocycles. The Morgan fingerprint density at radius 3 is 2.28 bits per heavy atom. The number of rotatable bonds is 6. The van der Waals surface area contributed by atoms with Crippen molar-refractivity contribution in [3.8, 4) is 11.5 Å². The summed E-state index contributed by atoms with van der Waals surface area (Å²) in [6, 6.07) is 10.5. The van der Waals surface area contributed by atoms with Gasteiger partial charge in [0.2, 0.25) is 21.7 Å². The summed E-state index contributed by atoms with van der Waals surface area (Å²) in [5.41, 5.74) is 0.877. The van der Waals surface area contributed by atoms with E-state index in [1.807, 2.05) is 0 Å². The van der Waals surface area contributed by atoms with Crippen LogP contribution in [-0.4, -0.2) is 43.8 Å². The minimum atomic E-state index is -3.88. The third-order valence-corrected chi connectivity index (χ3v) is 6.09. The smallest absolute Gasteiger partial charge is 0.246 e. The van der Waals surface area contributed by atoms with E-state index in [1.165, 1.54) is 38.2 Å². The molecule has 2 aromatic rings. The van der Waals surface area contributed by atoms with Crippen LogP contribution in [0.15, 0.2) is 47.4 Å². The van der Waals surface area contributed by atoms with Gasteiger partial charge in [-0.15, -0.1) is 0 Å². The van der Waals surface area contributed by atoms with Crippen molar-refractivity contribution in [3.05, 3.63) is 48.0 Å². The number of hydrogen-bond acceptors (Lipinski definition) is 6. The van der Waals surface area contributed by atoms with Crippen LogP contribution in [-0.2, 0) is 14.8 Å². The van der Waals surface area contributed by atoms with Gasteiger partial charge >= 0.3 is 0 Å². The Bertz CT molecular complexity index is 1060. The van der Waals surface area contributed by atoms with Gasteiger partial charge in [0.05, 0.1) is 11.4 Å². The Kier molecular flexibility index (Phi) is 5.38. The molecule has 1 aliphatic rings. The summed E-state index contributed by atoms with van der Waals surface area (Å²) < 4.78 is 37.5. The number of carbonyl (C=O) groups is 2. The third-order valence-electron chi connectivity index (χ3n) is 4.27. The van der Waals surface area contributed by atoms with Crippen LogP contribution in [0.25, 0.3) is 0 Å². The fourth-order valence-corrected chi connectivity index (χ4v) is 3.96. The highest BCUT2D eigenvalue weighted by molar-refractivity contribution is 7.89. The van der Waals surface area contributed by atoms with Crippen LogP contribution in [0, 0.1) is 0 Å². The molecule has 8 nitrogen and oxygen atoms in total. The zero-order valence-electron chi connectivity index (χ0n) is 16.6. The lowest BCUT2D eigenvalue weighted by atomic mass is 10.2. The molecule has 0 aromatic heterocycles. The molecule has 0 saturated carbocycles. The minimum absolute atomic E-state index is 0.00288. The topological polar surface area (TPSA) is 102 Å².